The minimum atomic E-state index is -0.775. The average Bonchev–Trinajstić information content (AvgIpc) is 2.30. The molecule has 2 N–H and O–H groups in total. The molecule has 1 rings (SSSR count). The van der Waals surface area contributed by atoms with Crippen LogP contribution < -0.4 is 10.6 Å². The summed E-state index contributed by atoms with van der Waals surface area (Å²) in [6, 6.07) is 3.44. The van der Waals surface area contributed by atoms with E-state index >= 15 is 0 Å². The summed E-state index contributed by atoms with van der Waals surface area (Å²) in [4.78, 5) is 11.4. The van der Waals surface area contributed by atoms with Gasteiger partial charge < -0.3 is 10.6 Å². The number of rotatable bonds is 6. The quantitative estimate of drug-likeness (QED) is 0.767. The number of benzene rings is 1. The fourth-order valence-corrected chi connectivity index (χ4v) is 1.53. The lowest BCUT2D eigenvalue weighted by Crippen LogP contribution is -2.30. The van der Waals surface area contributed by atoms with Crippen molar-refractivity contribution >= 4 is 23.4 Å². The fraction of sp³-hybridized carbons (Fsp3) is 0.364. The average molecular weight is 260 g/mol. The number of halogens is 2. The number of amides is 1. The fourth-order valence-electron chi connectivity index (χ4n) is 1.18. The maximum Gasteiger partial charge on any atom is 0.238 e. The van der Waals surface area contributed by atoms with Gasteiger partial charge in [-0.05, 0) is 18.4 Å². The molecule has 0 saturated carbocycles. The lowest BCUT2D eigenvalue weighted by molar-refractivity contribution is -0.115. The molecule has 0 aliphatic heterocycles. The molecule has 0 aliphatic carbocycles. The van der Waals surface area contributed by atoms with Crippen LogP contribution in [0, 0.1) is 11.6 Å². The van der Waals surface area contributed by atoms with Crippen molar-refractivity contribution in [3.63, 3.8) is 0 Å². The van der Waals surface area contributed by atoms with Gasteiger partial charge in [0.1, 0.15) is 17.3 Å². The summed E-state index contributed by atoms with van der Waals surface area (Å²) >= 11 is 1.65. The Balaban J connectivity index is 2.45. The SMILES string of the molecule is CSCCNCC(=O)Nc1c(F)cccc1F. The standard InChI is InChI=1S/C11H14F2N2OS/c1-17-6-5-14-7-10(16)15-11-8(12)3-2-4-9(11)13/h2-4,14H,5-7H2,1H3,(H,15,16). The predicted molar refractivity (Wildman–Crippen MR) is 66.2 cm³/mol. The minimum absolute atomic E-state index is 0.0360. The van der Waals surface area contributed by atoms with Crippen LogP contribution in [-0.2, 0) is 4.79 Å². The Bertz CT molecular complexity index is 367. The van der Waals surface area contributed by atoms with Crippen LogP contribution in [0.2, 0.25) is 0 Å². The normalized spacial score (nSPS) is 10.3. The molecule has 1 amide bonds. The molecule has 17 heavy (non-hydrogen) atoms. The first kappa shape index (κ1) is 13.9. The zero-order valence-corrected chi connectivity index (χ0v) is 10.2. The van der Waals surface area contributed by atoms with E-state index in [4.69, 9.17) is 0 Å². The molecular formula is C11H14F2N2OS. The van der Waals surface area contributed by atoms with Crippen LogP contribution in [0.5, 0.6) is 0 Å². The van der Waals surface area contributed by atoms with E-state index < -0.39 is 23.2 Å². The van der Waals surface area contributed by atoms with Gasteiger partial charge >= 0.3 is 0 Å². The molecular weight excluding hydrogens is 246 g/mol. The lowest BCUT2D eigenvalue weighted by Gasteiger charge is -2.08. The van der Waals surface area contributed by atoms with Crippen LogP contribution in [-0.4, -0.2) is 31.0 Å². The monoisotopic (exact) mass is 260 g/mol. The molecule has 1 aromatic rings. The number of carbonyl (C=O) groups is 1. The van der Waals surface area contributed by atoms with Gasteiger partial charge in [0, 0.05) is 12.3 Å². The molecule has 3 nitrogen and oxygen atoms in total. The van der Waals surface area contributed by atoms with Crippen molar-refractivity contribution in [2.24, 2.45) is 0 Å². The van der Waals surface area contributed by atoms with Gasteiger partial charge in [-0.1, -0.05) is 6.07 Å². The van der Waals surface area contributed by atoms with E-state index in [1.165, 1.54) is 6.07 Å². The summed E-state index contributed by atoms with van der Waals surface area (Å²) in [5.41, 5.74) is -0.399. The number of nitrogens with one attached hydrogen (secondary N) is 2. The van der Waals surface area contributed by atoms with E-state index in [0.29, 0.717) is 6.54 Å². The largest absolute Gasteiger partial charge is 0.320 e. The zero-order chi connectivity index (χ0) is 12.7. The van der Waals surface area contributed by atoms with E-state index in [-0.39, 0.29) is 6.54 Å². The third-order valence-electron chi connectivity index (χ3n) is 2.00. The molecule has 0 spiro atoms. The molecule has 0 radical (unpaired) electrons. The molecule has 0 unspecified atom stereocenters. The van der Waals surface area contributed by atoms with Crippen LogP contribution in [0.1, 0.15) is 0 Å². The number of thioether (sulfide) groups is 1. The number of carbonyl (C=O) groups excluding carboxylic acids is 1. The highest BCUT2D eigenvalue weighted by atomic mass is 32.2. The Morgan fingerprint density at radius 1 is 1.35 bits per heavy atom. The summed E-state index contributed by atoms with van der Waals surface area (Å²) in [6.45, 7) is 0.711. The van der Waals surface area contributed by atoms with Gasteiger partial charge in [0.2, 0.25) is 5.91 Å². The molecule has 0 aromatic heterocycles. The van der Waals surface area contributed by atoms with E-state index in [0.717, 1.165) is 17.9 Å². The molecule has 0 aliphatic rings. The van der Waals surface area contributed by atoms with Crippen molar-refractivity contribution < 1.29 is 13.6 Å². The predicted octanol–water partition coefficient (Wildman–Crippen LogP) is 1.86. The highest BCUT2D eigenvalue weighted by Crippen LogP contribution is 2.17. The van der Waals surface area contributed by atoms with Gasteiger partial charge in [0.25, 0.3) is 0 Å². The van der Waals surface area contributed by atoms with Gasteiger partial charge in [-0.2, -0.15) is 11.8 Å². The third-order valence-corrected chi connectivity index (χ3v) is 2.61. The first-order valence-electron chi connectivity index (χ1n) is 5.08. The first-order chi connectivity index (χ1) is 8.15. The molecule has 94 valence electrons. The molecule has 0 heterocycles. The van der Waals surface area contributed by atoms with Gasteiger partial charge in [-0.15, -0.1) is 0 Å². The van der Waals surface area contributed by atoms with Gasteiger partial charge in [0.05, 0.1) is 6.54 Å². The van der Waals surface area contributed by atoms with Crippen LogP contribution >= 0.6 is 11.8 Å². The van der Waals surface area contributed by atoms with Gasteiger partial charge in [0.15, 0.2) is 0 Å². The Morgan fingerprint density at radius 3 is 2.59 bits per heavy atom. The number of para-hydroxylation sites is 1. The summed E-state index contributed by atoms with van der Waals surface area (Å²) < 4.78 is 26.4. The Labute approximate surface area is 103 Å². The van der Waals surface area contributed by atoms with Crippen molar-refractivity contribution in [1.82, 2.24) is 5.32 Å². The van der Waals surface area contributed by atoms with Gasteiger partial charge in [-0.3, -0.25) is 4.79 Å². The maximum atomic E-state index is 13.2. The number of anilines is 1. The smallest absolute Gasteiger partial charge is 0.238 e. The van der Waals surface area contributed by atoms with E-state index in [9.17, 15) is 13.6 Å². The maximum absolute atomic E-state index is 13.2. The van der Waals surface area contributed by atoms with Crippen molar-refractivity contribution in [1.29, 1.82) is 0 Å². The summed E-state index contributed by atoms with van der Waals surface area (Å²) in [5, 5.41) is 5.06. The second-order valence-electron chi connectivity index (χ2n) is 3.31. The highest BCUT2D eigenvalue weighted by Gasteiger charge is 2.10. The third kappa shape index (κ3) is 4.70. The highest BCUT2D eigenvalue weighted by molar-refractivity contribution is 7.98. The Kier molecular flexibility index (Phi) is 5.93. The number of hydrogen-bond acceptors (Lipinski definition) is 3. The van der Waals surface area contributed by atoms with Crippen molar-refractivity contribution in [2.45, 2.75) is 0 Å². The van der Waals surface area contributed by atoms with E-state index in [1.807, 2.05) is 6.26 Å². The summed E-state index contributed by atoms with van der Waals surface area (Å²) in [7, 11) is 0. The first-order valence-corrected chi connectivity index (χ1v) is 6.48. The molecule has 0 bridgehead atoms. The van der Waals surface area contributed by atoms with Crippen molar-refractivity contribution in [3.05, 3.63) is 29.8 Å². The Morgan fingerprint density at radius 2 is 2.00 bits per heavy atom. The van der Waals surface area contributed by atoms with Crippen LogP contribution in [0.25, 0.3) is 0 Å². The molecule has 1 aromatic carbocycles. The number of hydrogen-bond donors (Lipinski definition) is 2. The molecule has 6 heteroatoms. The van der Waals surface area contributed by atoms with Crippen molar-refractivity contribution in [2.75, 3.05) is 30.4 Å². The van der Waals surface area contributed by atoms with E-state index in [2.05, 4.69) is 10.6 Å². The molecule has 0 fully saturated rings. The van der Waals surface area contributed by atoms with Crippen LogP contribution in [0.15, 0.2) is 18.2 Å². The summed E-state index contributed by atoms with van der Waals surface area (Å²) in [5.74, 6) is -1.14. The topological polar surface area (TPSA) is 41.1 Å². The lowest BCUT2D eigenvalue weighted by atomic mass is 10.3. The van der Waals surface area contributed by atoms with Gasteiger partial charge in [-0.25, -0.2) is 8.78 Å². The minimum Gasteiger partial charge on any atom is -0.320 e. The second kappa shape index (κ2) is 7.24. The summed E-state index contributed by atoms with van der Waals surface area (Å²) in [6.07, 6.45) is 1.95. The zero-order valence-electron chi connectivity index (χ0n) is 9.43. The Hall–Kier alpha value is -1.14. The molecule has 0 saturated heterocycles. The van der Waals surface area contributed by atoms with Crippen molar-refractivity contribution in [3.8, 4) is 0 Å². The van der Waals surface area contributed by atoms with Crippen LogP contribution in [0.4, 0.5) is 14.5 Å². The van der Waals surface area contributed by atoms with E-state index in [1.54, 1.807) is 11.8 Å². The molecule has 0 atom stereocenters. The second-order valence-corrected chi connectivity index (χ2v) is 4.30. The van der Waals surface area contributed by atoms with Crippen LogP contribution in [0.3, 0.4) is 0 Å².